The van der Waals surface area contributed by atoms with Gasteiger partial charge in [-0.15, -0.1) is 0 Å². The largest absolute Gasteiger partial charge is 0.376 e. The molecule has 0 N–H and O–H groups in total. The summed E-state index contributed by atoms with van der Waals surface area (Å²) in [6.45, 7) is 1.48. The highest BCUT2D eigenvalue weighted by Crippen LogP contribution is 2.22. The zero-order valence-corrected chi connectivity index (χ0v) is 13.6. The molecule has 1 heterocycles. The van der Waals surface area contributed by atoms with E-state index in [9.17, 15) is 4.79 Å². The monoisotopic (exact) mass is 347 g/mol. The zero-order valence-electron chi connectivity index (χ0n) is 12.0. The summed E-state index contributed by atoms with van der Waals surface area (Å²) in [4.78, 5) is 14.3. The van der Waals surface area contributed by atoms with Crippen molar-refractivity contribution in [2.75, 3.05) is 20.2 Å². The van der Waals surface area contributed by atoms with Crippen LogP contribution in [0.15, 0.2) is 40.9 Å². The molecule has 1 aliphatic rings. The normalized spacial score (nSPS) is 18.1. The van der Waals surface area contributed by atoms with Crippen LogP contribution in [-0.2, 0) is 4.74 Å². The quantitative estimate of drug-likeness (QED) is 0.843. The van der Waals surface area contributed by atoms with Gasteiger partial charge in [0.05, 0.1) is 6.10 Å². The van der Waals surface area contributed by atoms with Crippen molar-refractivity contribution in [3.05, 3.63) is 46.4 Å². The molecule has 3 nitrogen and oxygen atoms in total. The van der Waals surface area contributed by atoms with Gasteiger partial charge in [-0.3, -0.25) is 4.79 Å². The summed E-state index contributed by atoms with van der Waals surface area (Å²) in [5.74, 6) is 0.0512. The lowest BCUT2D eigenvalue weighted by Crippen LogP contribution is -2.34. The zero-order chi connectivity index (χ0) is 14.8. The Hall–Kier alpha value is -1.39. The Morgan fingerprint density at radius 2 is 2.05 bits per heavy atom. The van der Waals surface area contributed by atoms with Crippen LogP contribution in [0.25, 0.3) is 10.8 Å². The van der Waals surface area contributed by atoms with Crippen LogP contribution >= 0.6 is 15.9 Å². The summed E-state index contributed by atoms with van der Waals surface area (Å²) in [5, 5.41) is 2.21. The molecule has 0 aromatic heterocycles. The van der Waals surface area contributed by atoms with Crippen molar-refractivity contribution in [3.63, 3.8) is 0 Å². The Balaban J connectivity index is 1.78. The highest BCUT2D eigenvalue weighted by atomic mass is 79.9. The van der Waals surface area contributed by atoms with Crippen LogP contribution in [0.3, 0.4) is 0 Å². The van der Waals surface area contributed by atoms with Gasteiger partial charge in [0, 0.05) is 30.2 Å². The van der Waals surface area contributed by atoms with Gasteiger partial charge in [0.25, 0.3) is 5.91 Å². The first kappa shape index (κ1) is 14.5. The van der Waals surface area contributed by atoms with E-state index in [0.29, 0.717) is 6.54 Å². The number of likely N-dealkylation sites (N-methyl/N-ethyl adjacent to an activating group) is 1. The first-order valence-electron chi connectivity index (χ1n) is 7.20. The van der Waals surface area contributed by atoms with E-state index in [1.165, 1.54) is 0 Å². The number of amides is 1. The van der Waals surface area contributed by atoms with Crippen LogP contribution in [0.1, 0.15) is 23.2 Å². The maximum atomic E-state index is 12.5. The summed E-state index contributed by atoms with van der Waals surface area (Å²) in [5.41, 5.74) is 0.727. The molecule has 110 valence electrons. The Bertz CT molecular complexity index is 665. The highest BCUT2D eigenvalue weighted by molar-refractivity contribution is 9.10. The first-order chi connectivity index (χ1) is 10.1. The van der Waals surface area contributed by atoms with Crippen molar-refractivity contribution in [2.45, 2.75) is 18.9 Å². The summed E-state index contributed by atoms with van der Waals surface area (Å²) in [6.07, 6.45) is 2.33. The SMILES string of the molecule is CN(CC1CCCO1)C(=O)c1ccc2cc(Br)ccc2c1. The number of hydrogen-bond donors (Lipinski definition) is 0. The molecule has 0 spiro atoms. The fraction of sp³-hybridized carbons (Fsp3) is 0.353. The Morgan fingerprint density at radius 1 is 1.29 bits per heavy atom. The lowest BCUT2D eigenvalue weighted by molar-refractivity contribution is 0.0587. The van der Waals surface area contributed by atoms with Gasteiger partial charge in [0.2, 0.25) is 0 Å². The van der Waals surface area contributed by atoms with Crippen LogP contribution in [0.4, 0.5) is 0 Å². The van der Waals surface area contributed by atoms with Gasteiger partial charge >= 0.3 is 0 Å². The average molecular weight is 348 g/mol. The van der Waals surface area contributed by atoms with Crippen molar-refractivity contribution < 1.29 is 9.53 Å². The third kappa shape index (κ3) is 3.27. The van der Waals surface area contributed by atoms with Crippen LogP contribution < -0.4 is 0 Å². The minimum Gasteiger partial charge on any atom is -0.376 e. The number of fused-ring (bicyclic) bond motifs is 1. The van der Waals surface area contributed by atoms with E-state index in [1.54, 1.807) is 4.90 Å². The number of halogens is 1. The number of rotatable bonds is 3. The van der Waals surface area contributed by atoms with Crippen molar-refractivity contribution in [2.24, 2.45) is 0 Å². The van der Waals surface area contributed by atoms with Gasteiger partial charge in [0.1, 0.15) is 0 Å². The lowest BCUT2D eigenvalue weighted by Gasteiger charge is -2.21. The van der Waals surface area contributed by atoms with E-state index < -0.39 is 0 Å². The van der Waals surface area contributed by atoms with Crippen molar-refractivity contribution in [3.8, 4) is 0 Å². The van der Waals surface area contributed by atoms with E-state index in [4.69, 9.17) is 4.74 Å². The molecular formula is C17H18BrNO2. The number of hydrogen-bond acceptors (Lipinski definition) is 2. The minimum atomic E-state index is 0.0512. The molecule has 0 radical (unpaired) electrons. The molecule has 1 amide bonds. The van der Waals surface area contributed by atoms with E-state index in [-0.39, 0.29) is 12.0 Å². The molecule has 1 saturated heterocycles. The number of benzene rings is 2. The number of carbonyl (C=O) groups excluding carboxylic acids is 1. The summed E-state index contributed by atoms with van der Waals surface area (Å²) >= 11 is 3.46. The predicted molar refractivity (Wildman–Crippen MR) is 87.6 cm³/mol. The highest BCUT2D eigenvalue weighted by Gasteiger charge is 2.20. The second-order valence-corrected chi connectivity index (χ2v) is 6.44. The van der Waals surface area contributed by atoms with Crippen molar-refractivity contribution in [1.82, 2.24) is 4.90 Å². The maximum Gasteiger partial charge on any atom is 0.253 e. The maximum absolute atomic E-state index is 12.5. The molecule has 1 unspecified atom stereocenters. The fourth-order valence-electron chi connectivity index (χ4n) is 2.75. The van der Waals surface area contributed by atoms with Crippen molar-refractivity contribution >= 4 is 32.6 Å². The predicted octanol–water partition coefficient (Wildman–Crippen LogP) is 3.85. The lowest BCUT2D eigenvalue weighted by atomic mass is 10.1. The van der Waals surface area contributed by atoms with Gasteiger partial charge in [-0.05, 0) is 47.9 Å². The molecule has 21 heavy (non-hydrogen) atoms. The summed E-state index contributed by atoms with van der Waals surface area (Å²) in [7, 11) is 1.84. The molecular weight excluding hydrogens is 330 g/mol. The molecule has 2 aromatic rings. The molecule has 0 aliphatic carbocycles. The molecule has 4 heteroatoms. The fourth-order valence-corrected chi connectivity index (χ4v) is 3.13. The standard InChI is InChI=1S/C17H18BrNO2/c1-19(11-16-3-2-8-21-16)17(20)14-5-4-13-10-15(18)7-6-12(13)9-14/h4-7,9-10,16H,2-3,8,11H2,1H3. The third-order valence-electron chi connectivity index (χ3n) is 3.90. The Kier molecular flexibility index (Phi) is 4.27. The number of carbonyl (C=O) groups is 1. The Morgan fingerprint density at radius 3 is 2.81 bits per heavy atom. The van der Waals surface area contributed by atoms with Crippen LogP contribution in [0.2, 0.25) is 0 Å². The summed E-state index contributed by atoms with van der Waals surface area (Å²) < 4.78 is 6.64. The second kappa shape index (κ2) is 6.16. The van der Waals surface area contributed by atoms with E-state index in [0.717, 1.165) is 40.3 Å². The molecule has 1 atom stereocenters. The smallest absolute Gasteiger partial charge is 0.253 e. The van der Waals surface area contributed by atoms with Gasteiger partial charge < -0.3 is 9.64 Å². The van der Waals surface area contributed by atoms with Crippen LogP contribution in [0, 0.1) is 0 Å². The second-order valence-electron chi connectivity index (χ2n) is 5.53. The number of ether oxygens (including phenoxy) is 1. The van der Waals surface area contributed by atoms with Crippen LogP contribution in [0.5, 0.6) is 0 Å². The molecule has 1 fully saturated rings. The molecule has 0 bridgehead atoms. The van der Waals surface area contributed by atoms with E-state index in [2.05, 4.69) is 22.0 Å². The van der Waals surface area contributed by atoms with E-state index in [1.807, 2.05) is 37.4 Å². The minimum absolute atomic E-state index is 0.0512. The van der Waals surface area contributed by atoms with Gasteiger partial charge in [-0.25, -0.2) is 0 Å². The van der Waals surface area contributed by atoms with Gasteiger partial charge in [0.15, 0.2) is 0 Å². The number of nitrogens with zero attached hydrogens (tertiary/aromatic N) is 1. The first-order valence-corrected chi connectivity index (χ1v) is 7.99. The molecule has 0 saturated carbocycles. The van der Waals surface area contributed by atoms with Gasteiger partial charge in [-0.1, -0.05) is 28.1 Å². The van der Waals surface area contributed by atoms with Gasteiger partial charge in [-0.2, -0.15) is 0 Å². The Labute approximate surface area is 133 Å². The van der Waals surface area contributed by atoms with Crippen molar-refractivity contribution in [1.29, 1.82) is 0 Å². The molecule has 3 rings (SSSR count). The topological polar surface area (TPSA) is 29.5 Å². The average Bonchev–Trinajstić information content (AvgIpc) is 2.98. The third-order valence-corrected chi connectivity index (χ3v) is 4.39. The van der Waals surface area contributed by atoms with Crippen LogP contribution in [-0.4, -0.2) is 37.1 Å². The van der Waals surface area contributed by atoms with E-state index >= 15 is 0 Å². The molecule has 2 aromatic carbocycles. The molecule has 1 aliphatic heterocycles. The summed E-state index contributed by atoms with van der Waals surface area (Å²) in [6, 6.07) is 11.9.